The molecule has 0 aliphatic carbocycles. The lowest BCUT2D eigenvalue weighted by molar-refractivity contribution is 0.0539. The summed E-state index contributed by atoms with van der Waals surface area (Å²) in [5.74, 6) is -0.885. The van der Waals surface area contributed by atoms with E-state index in [1.807, 2.05) is 32.0 Å². The van der Waals surface area contributed by atoms with E-state index in [2.05, 4.69) is 0 Å². The van der Waals surface area contributed by atoms with Crippen molar-refractivity contribution in [2.24, 2.45) is 0 Å². The molecule has 3 rings (SSSR count). The fraction of sp³-hybridized carbons (Fsp3) is 0.333. The Hall–Kier alpha value is -2.76. The van der Waals surface area contributed by atoms with Gasteiger partial charge in [-0.25, -0.2) is 4.79 Å². The molecule has 2 aromatic rings. The van der Waals surface area contributed by atoms with Gasteiger partial charge < -0.3 is 19.2 Å². The highest BCUT2D eigenvalue weighted by Crippen LogP contribution is 2.35. The number of amides is 1. The summed E-state index contributed by atoms with van der Waals surface area (Å²) in [7, 11) is 1.63. The minimum atomic E-state index is -1.19. The van der Waals surface area contributed by atoms with Gasteiger partial charge in [0, 0.05) is 6.04 Å². The fourth-order valence-electron chi connectivity index (χ4n) is 3.31. The maximum Gasteiger partial charge on any atom is 0.371 e. The van der Waals surface area contributed by atoms with Crippen molar-refractivity contribution in [2.75, 3.05) is 7.11 Å². The molecule has 6 heteroatoms. The molecule has 0 radical (unpaired) electrons. The quantitative estimate of drug-likeness (QED) is 0.936. The van der Waals surface area contributed by atoms with Crippen molar-refractivity contribution in [3.63, 3.8) is 0 Å². The third-order valence-electron chi connectivity index (χ3n) is 4.47. The van der Waals surface area contributed by atoms with Gasteiger partial charge in [-0.3, -0.25) is 4.79 Å². The lowest BCUT2D eigenvalue weighted by Gasteiger charge is -2.40. The Balaban J connectivity index is 1.92. The van der Waals surface area contributed by atoms with E-state index in [1.165, 1.54) is 12.1 Å². The average molecular weight is 329 g/mol. The predicted octanol–water partition coefficient (Wildman–Crippen LogP) is 3.13. The normalized spacial score (nSPS) is 19.7. The maximum atomic E-state index is 12.8. The lowest BCUT2D eigenvalue weighted by atomic mass is 9.89. The molecule has 0 spiro atoms. The number of furan rings is 1. The molecule has 1 N–H and O–H groups in total. The highest BCUT2D eigenvalue weighted by Gasteiger charge is 2.34. The molecule has 0 saturated carbocycles. The smallest absolute Gasteiger partial charge is 0.371 e. The van der Waals surface area contributed by atoms with Gasteiger partial charge in [-0.15, -0.1) is 0 Å². The molecule has 1 amide bonds. The van der Waals surface area contributed by atoms with Gasteiger partial charge in [0.05, 0.1) is 13.2 Å². The standard InChI is InChI=1S/C18H19NO5/c1-10-8-12-9-13(23-3)4-5-14(12)11(2)19(10)17(20)15-6-7-16(24-15)18(21)22/h4-7,9-11H,8H2,1-3H3,(H,21,22)/t10-,11+/m1/s1. The van der Waals surface area contributed by atoms with Crippen LogP contribution in [0.25, 0.3) is 0 Å². The van der Waals surface area contributed by atoms with Gasteiger partial charge in [-0.1, -0.05) is 6.07 Å². The number of hydrogen-bond donors (Lipinski definition) is 1. The summed E-state index contributed by atoms with van der Waals surface area (Å²) in [6.45, 7) is 3.93. The van der Waals surface area contributed by atoms with Gasteiger partial charge in [-0.2, -0.15) is 0 Å². The molecule has 0 bridgehead atoms. The summed E-state index contributed by atoms with van der Waals surface area (Å²) in [4.78, 5) is 25.5. The maximum absolute atomic E-state index is 12.8. The second-order valence-electron chi connectivity index (χ2n) is 5.98. The summed E-state index contributed by atoms with van der Waals surface area (Å²) >= 11 is 0. The molecule has 1 aliphatic rings. The number of benzene rings is 1. The minimum Gasteiger partial charge on any atom is -0.497 e. The largest absolute Gasteiger partial charge is 0.497 e. The van der Waals surface area contributed by atoms with Crippen molar-refractivity contribution in [1.82, 2.24) is 4.90 Å². The summed E-state index contributed by atoms with van der Waals surface area (Å²) in [6.07, 6.45) is 0.703. The van der Waals surface area contributed by atoms with Crippen molar-refractivity contribution in [3.8, 4) is 5.75 Å². The Bertz CT molecular complexity index is 794. The highest BCUT2D eigenvalue weighted by molar-refractivity contribution is 5.94. The van der Waals surface area contributed by atoms with E-state index in [9.17, 15) is 9.59 Å². The van der Waals surface area contributed by atoms with Crippen LogP contribution in [0.2, 0.25) is 0 Å². The van der Waals surface area contributed by atoms with Gasteiger partial charge in [-0.05, 0) is 55.7 Å². The SMILES string of the molecule is COc1ccc2c(c1)C[C@@H](C)N(C(=O)c1ccc(C(=O)O)o1)[C@H]2C. The third kappa shape index (κ3) is 2.64. The van der Waals surface area contributed by atoms with Gasteiger partial charge in [0.15, 0.2) is 5.76 Å². The van der Waals surface area contributed by atoms with Crippen LogP contribution in [0.5, 0.6) is 5.75 Å². The van der Waals surface area contributed by atoms with Gasteiger partial charge >= 0.3 is 5.97 Å². The number of carbonyl (C=O) groups is 2. The Kier molecular flexibility index (Phi) is 4.05. The first-order chi connectivity index (χ1) is 11.4. The fourth-order valence-corrected chi connectivity index (χ4v) is 3.31. The van der Waals surface area contributed by atoms with Crippen LogP contribution in [-0.2, 0) is 6.42 Å². The van der Waals surface area contributed by atoms with E-state index in [-0.39, 0.29) is 29.5 Å². The predicted molar refractivity (Wildman–Crippen MR) is 86.4 cm³/mol. The zero-order valence-electron chi connectivity index (χ0n) is 13.8. The molecule has 1 aliphatic heterocycles. The lowest BCUT2D eigenvalue weighted by Crippen LogP contribution is -2.44. The van der Waals surface area contributed by atoms with Crippen molar-refractivity contribution < 1.29 is 23.8 Å². The van der Waals surface area contributed by atoms with Gasteiger partial charge in [0.25, 0.3) is 5.91 Å². The topological polar surface area (TPSA) is 80.0 Å². The van der Waals surface area contributed by atoms with Crippen LogP contribution in [-0.4, -0.2) is 35.0 Å². The van der Waals surface area contributed by atoms with Crippen LogP contribution in [0.15, 0.2) is 34.7 Å². The first-order valence-corrected chi connectivity index (χ1v) is 7.75. The molecule has 6 nitrogen and oxygen atoms in total. The monoisotopic (exact) mass is 329 g/mol. The second kappa shape index (κ2) is 6.03. The van der Waals surface area contributed by atoms with Crippen LogP contribution in [0.4, 0.5) is 0 Å². The second-order valence-corrected chi connectivity index (χ2v) is 5.98. The van der Waals surface area contributed by atoms with Crippen LogP contribution in [0.1, 0.15) is 52.1 Å². The first kappa shape index (κ1) is 16.1. The Labute approximate surface area is 139 Å². The van der Waals surface area contributed by atoms with Crippen molar-refractivity contribution in [1.29, 1.82) is 0 Å². The number of carboxylic acid groups (broad SMARTS) is 1. The number of ether oxygens (including phenoxy) is 1. The Morgan fingerprint density at radius 3 is 2.54 bits per heavy atom. The van der Waals surface area contributed by atoms with E-state index in [4.69, 9.17) is 14.3 Å². The van der Waals surface area contributed by atoms with E-state index < -0.39 is 5.97 Å². The van der Waals surface area contributed by atoms with E-state index in [0.717, 1.165) is 16.9 Å². The summed E-state index contributed by atoms with van der Waals surface area (Å²) < 4.78 is 10.4. The zero-order chi connectivity index (χ0) is 17.4. The first-order valence-electron chi connectivity index (χ1n) is 7.75. The molecular formula is C18H19NO5. The number of aromatic carboxylic acids is 1. The minimum absolute atomic E-state index is 0.0366. The van der Waals surface area contributed by atoms with Crippen LogP contribution in [0.3, 0.4) is 0 Å². The zero-order valence-corrected chi connectivity index (χ0v) is 13.8. The number of rotatable bonds is 3. The molecule has 2 heterocycles. The number of fused-ring (bicyclic) bond motifs is 1. The van der Waals surface area contributed by atoms with E-state index in [1.54, 1.807) is 12.0 Å². The number of carbonyl (C=O) groups excluding carboxylic acids is 1. The van der Waals surface area contributed by atoms with Crippen molar-refractivity contribution >= 4 is 11.9 Å². The summed E-state index contributed by atoms with van der Waals surface area (Å²) in [5, 5.41) is 8.94. The third-order valence-corrected chi connectivity index (χ3v) is 4.47. The number of hydrogen-bond acceptors (Lipinski definition) is 4. The average Bonchev–Trinajstić information content (AvgIpc) is 3.04. The Morgan fingerprint density at radius 2 is 1.92 bits per heavy atom. The highest BCUT2D eigenvalue weighted by atomic mass is 16.5. The molecule has 0 fully saturated rings. The molecule has 0 saturated heterocycles. The van der Waals surface area contributed by atoms with Crippen LogP contribution >= 0.6 is 0 Å². The Morgan fingerprint density at radius 1 is 1.21 bits per heavy atom. The van der Waals surface area contributed by atoms with Gasteiger partial charge in [0.2, 0.25) is 5.76 Å². The van der Waals surface area contributed by atoms with E-state index >= 15 is 0 Å². The number of carboxylic acids is 1. The van der Waals surface area contributed by atoms with E-state index in [0.29, 0.717) is 6.42 Å². The molecule has 126 valence electrons. The van der Waals surface area contributed by atoms with Crippen LogP contribution < -0.4 is 4.74 Å². The van der Waals surface area contributed by atoms with Crippen molar-refractivity contribution in [2.45, 2.75) is 32.4 Å². The van der Waals surface area contributed by atoms with Crippen LogP contribution in [0, 0.1) is 0 Å². The molecule has 1 aromatic carbocycles. The summed E-state index contributed by atoms with van der Waals surface area (Å²) in [5.41, 5.74) is 2.22. The summed E-state index contributed by atoms with van der Waals surface area (Å²) in [6, 6.07) is 8.38. The molecule has 0 unspecified atom stereocenters. The molecule has 1 aromatic heterocycles. The molecule has 2 atom stereocenters. The van der Waals surface area contributed by atoms with Crippen molar-refractivity contribution in [3.05, 3.63) is 53.0 Å². The number of methoxy groups -OCH3 is 1. The molecular weight excluding hydrogens is 310 g/mol. The molecule has 24 heavy (non-hydrogen) atoms. The van der Waals surface area contributed by atoms with Gasteiger partial charge in [0.1, 0.15) is 5.75 Å². The number of nitrogens with zero attached hydrogens (tertiary/aromatic N) is 1.